The predicted molar refractivity (Wildman–Crippen MR) is 80.1 cm³/mol. The van der Waals surface area contributed by atoms with Crippen molar-refractivity contribution in [1.29, 1.82) is 0 Å². The lowest BCUT2D eigenvalue weighted by molar-refractivity contribution is -0.143. The maximum Gasteiger partial charge on any atom is 0.435 e. The maximum atomic E-state index is 13.5. The molecule has 0 bridgehead atoms. The van der Waals surface area contributed by atoms with Crippen molar-refractivity contribution in [1.82, 2.24) is 19.9 Å². The van der Waals surface area contributed by atoms with Gasteiger partial charge in [-0.05, 0) is 24.6 Å². The van der Waals surface area contributed by atoms with Crippen molar-refractivity contribution < 1.29 is 32.3 Å². The fourth-order valence-electron chi connectivity index (χ4n) is 2.30. The molecule has 1 aromatic heterocycles. The highest BCUT2D eigenvalue weighted by molar-refractivity contribution is 5.95. The smallest absolute Gasteiger partial charge is 0.435 e. The Bertz CT molecular complexity index is 819. The Labute approximate surface area is 144 Å². The van der Waals surface area contributed by atoms with E-state index in [0.29, 0.717) is 11.1 Å². The summed E-state index contributed by atoms with van der Waals surface area (Å²) in [5, 5.41) is 15.5. The highest BCUT2D eigenvalue weighted by atomic mass is 19.4. The van der Waals surface area contributed by atoms with Gasteiger partial charge in [0.1, 0.15) is 12.4 Å². The van der Waals surface area contributed by atoms with Crippen LogP contribution in [0.1, 0.15) is 29.5 Å². The van der Waals surface area contributed by atoms with E-state index in [4.69, 9.17) is 5.11 Å². The molecule has 0 unspecified atom stereocenters. The summed E-state index contributed by atoms with van der Waals surface area (Å²) in [4.78, 5) is 24.0. The highest BCUT2D eigenvalue weighted by Crippen LogP contribution is 2.33. The van der Waals surface area contributed by atoms with Gasteiger partial charge in [0.05, 0.1) is 5.69 Å². The average molecular weight is 374 g/mol. The molecule has 0 aliphatic carbocycles. The molecule has 11 heteroatoms. The molecule has 0 spiro atoms. The van der Waals surface area contributed by atoms with Crippen LogP contribution in [0, 0.1) is 5.82 Å². The van der Waals surface area contributed by atoms with Crippen molar-refractivity contribution in [3.63, 3.8) is 0 Å². The van der Waals surface area contributed by atoms with Gasteiger partial charge in [-0.25, -0.2) is 9.07 Å². The fraction of sp³-hybridized carbons (Fsp3) is 0.333. The number of hydrogen-bond acceptors (Lipinski definition) is 4. The Morgan fingerprint density at radius 2 is 2.00 bits per heavy atom. The van der Waals surface area contributed by atoms with Crippen LogP contribution < -0.4 is 0 Å². The molecule has 0 fully saturated rings. The van der Waals surface area contributed by atoms with Gasteiger partial charge in [-0.3, -0.25) is 9.59 Å². The van der Waals surface area contributed by atoms with E-state index in [9.17, 15) is 27.2 Å². The molecule has 140 valence electrons. The van der Waals surface area contributed by atoms with Gasteiger partial charge in [-0.2, -0.15) is 13.2 Å². The third-order valence-corrected chi connectivity index (χ3v) is 3.30. The highest BCUT2D eigenvalue weighted by Gasteiger charge is 2.43. The standard InChI is InChI=1S/C15H14F4N4O3/c1-2-6-22(8-11(24)25)14(26)12-13(15(17,18)19)23(21-20-12)10-5-3-4-9(16)7-10/h3-5,7H,2,6,8H2,1H3,(H,24,25). The molecule has 1 N–H and O–H groups in total. The lowest BCUT2D eigenvalue weighted by Crippen LogP contribution is -2.37. The maximum absolute atomic E-state index is 13.5. The van der Waals surface area contributed by atoms with E-state index < -0.39 is 41.8 Å². The Hall–Kier alpha value is -2.98. The first kappa shape index (κ1) is 19.3. The SMILES string of the molecule is CCCN(CC(=O)O)C(=O)c1nnn(-c2cccc(F)c2)c1C(F)(F)F. The van der Waals surface area contributed by atoms with Crippen LogP contribution in [-0.2, 0) is 11.0 Å². The molecular weight excluding hydrogens is 360 g/mol. The summed E-state index contributed by atoms with van der Waals surface area (Å²) in [7, 11) is 0. The summed E-state index contributed by atoms with van der Waals surface area (Å²) >= 11 is 0. The van der Waals surface area contributed by atoms with Gasteiger partial charge in [0.25, 0.3) is 5.91 Å². The molecular formula is C15H14F4N4O3. The van der Waals surface area contributed by atoms with E-state index in [2.05, 4.69) is 10.3 Å². The summed E-state index contributed by atoms with van der Waals surface area (Å²) in [5.41, 5.74) is -2.82. The number of carboxylic acids is 1. The second-order valence-electron chi connectivity index (χ2n) is 5.30. The van der Waals surface area contributed by atoms with E-state index in [0.717, 1.165) is 17.0 Å². The zero-order chi connectivity index (χ0) is 19.5. The molecule has 0 radical (unpaired) electrons. The second-order valence-corrected chi connectivity index (χ2v) is 5.30. The van der Waals surface area contributed by atoms with Crippen molar-refractivity contribution in [2.24, 2.45) is 0 Å². The predicted octanol–water partition coefficient (Wildman–Crippen LogP) is 2.36. The number of hydrogen-bond donors (Lipinski definition) is 1. The van der Waals surface area contributed by atoms with Crippen molar-refractivity contribution in [2.75, 3.05) is 13.1 Å². The van der Waals surface area contributed by atoms with E-state index >= 15 is 0 Å². The van der Waals surface area contributed by atoms with Crippen LogP contribution in [0.3, 0.4) is 0 Å². The summed E-state index contributed by atoms with van der Waals surface area (Å²) in [5.74, 6) is -3.39. The molecule has 2 rings (SSSR count). The van der Waals surface area contributed by atoms with Gasteiger partial charge < -0.3 is 10.0 Å². The van der Waals surface area contributed by atoms with Crippen molar-refractivity contribution in [2.45, 2.75) is 19.5 Å². The topological polar surface area (TPSA) is 88.3 Å². The average Bonchev–Trinajstić information content (AvgIpc) is 2.98. The lowest BCUT2D eigenvalue weighted by atomic mass is 10.2. The molecule has 7 nitrogen and oxygen atoms in total. The Morgan fingerprint density at radius 1 is 1.31 bits per heavy atom. The number of carboxylic acid groups (broad SMARTS) is 1. The summed E-state index contributed by atoms with van der Waals surface area (Å²) in [6.07, 6.45) is -4.69. The van der Waals surface area contributed by atoms with E-state index in [1.165, 1.54) is 12.1 Å². The van der Waals surface area contributed by atoms with Crippen LogP contribution in [0.5, 0.6) is 0 Å². The number of carbonyl (C=O) groups excluding carboxylic acids is 1. The van der Waals surface area contributed by atoms with E-state index in [1.54, 1.807) is 6.92 Å². The van der Waals surface area contributed by atoms with Crippen LogP contribution in [-0.4, -0.2) is 50.0 Å². The fourth-order valence-corrected chi connectivity index (χ4v) is 2.30. The van der Waals surface area contributed by atoms with Gasteiger partial charge >= 0.3 is 12.1 Å². The second kappa shape index (κ2) is 7.50. The number of halogens is 4. The first-order valence-electron chi connectivity index (χ1n) is 7.45. The summed E-state index contributed by atoms with van der Waals surface area (Å²) in [6.45, 7) is 0.780. The first-order valence-corrected chi connectivity index (χ1v) is 7.45. The van der Waals surface area contributed by atoms with Crippen LogP contribution in [0.4, 0.5) is 17.6 Å². The molecule has 2 aromatic rings. The van der Waals surface area contributed by atoms with Gasteiger partial charge in [0, 0.05) is 6.54 Å². The van der Waals surface area contributed by atoms with Crippen LogP contribution in [0.2, 0.25) is 0 Å². The summed E-state index contributed by atoms with van der Waals surface area (Å²) < 4.78 is 54.2. The monoisotopic (exact) mass is 374 g/mol. The molecule has 1 aromatic carbocycles. The van der Waals surface area contributed by atoms with Gasteiger partial charge in [0.15, 0.2) is 11.4 Å². The minimum atomic E-state index is -5.03. The Balaban J connectivity index is 2.55. The van der Waals surface area contributed by atoms with Crippen LogP contribution in [0.15, 0.2) is 24.3 Å². The number of rotatable bonds is 6. The Morgan fingerprint density at radius 3 is 2.54 bits per heavy atom. The molecule has 26 heavy (non-hydrogen) atoms. The minimum Gasteiger partial charge on any atom is -0.480 e. The van der Waals surface area contributed by atoms with Gasteiger partial charge in [0.2, 0.25) is 0 Å². The molecule has 0 aliphatic heterocycles. The minimum absolute atomic E-state index is 0.0742. The third kappa shape index (κ3) is 4.16. The number of nitrogens with zero attached hydrogens (tertiary/aromatic N) is 4. The van der Waals surface area contributed by atoms with E-state index in [1.807, 2.05) is 0 Å². The molecule has 0 atom stereocenters. The normalized spacial score (nSPS) is 11.4. The van der Waals surface area contributed by atoms with Crippen molar-refractivity contribution >= 4 is 11.9 Å². The van der Waals surface area contributed by atoms with Crippen molar-refractivity contribution in [3.8, 4) is 5.69 Å². The number of carbonyl (C=O) groups is 2. The number of benzene rings is 1. The number of aromatic nitrogens is 3. The summed E-state index contributed by atoms with van der Waals surface area (Å²) in [6, 6.07) is 4.19. The largest absolute Gasteiger partial charge is 0.480 e. The molecule has 0 saturated heterocycles. The molecule has 0 aliphatic rings. The van der Waals surface area contributed by atoms with Crippen LogP contribution in [0.25, 0.3) is 5.69 Å². The van der Waals surface area contributed by atoms with E-state index in [-0.39, 0.29) is 12.2 Å². The van der Waals surface area contributed by atoms with Crippen LogP contribution >= 0.6 is 0 Å². The van der Waals surface area contributed by atoms with Gasteiger partial charge in [-0.1, -0.05) is 18.2 Å². The zero-order valence-electron chi connectivity index (χ0n) is 13.5. The quantitative estimate of drug-likeness (QED) is 0.785. The number of amides is 1. The van der Waals surface area contributed by atoms with Crippen molar-refractivity contribution in [3.05, 3.63) is 41.5 Å². The Kier molecular flexibility index (Phi) is 5.58. The third-order valence-electron chi connectivity index (χ3n) is 3.30. The molecule has 1 heterocycles. The number of alkyl halides is 3. The van der Waals surface area contributed by atoms with Gasteiger partial charge in [-0.15, -0.1) is 5.10 Å². The lowest BCUT2D eigenvalue weighted by Gasteiger charge is -2.19. The first-order chi connectivity index (χ1) is 12.1. The molecule has 0 saturated carbocycles. The zero-order valence-corrected chi connectivity index (χ0v) is 13.5. The number of aliphatic carboxylic acids is 1. The molecule has 1 amide bonds.